The Morgan fingerprint density at radius 1 is 1.36 bits per heavy atom. The van der Waals surface area contributed by atoms with Gasteiger partial charge in [-0.25, -0.2) is 4.98 Å². The second-order valence-electron chi connectivity index (χ2n) is 2.93. The van der Waals surface area contributed by atoms with E-state index in [-0.39, 0.29) is 19.3 Å². The largest absolute Gasteiger partial charge is 0.395 e. The van der Waals surface area contributed by atoms with Crippen molar-refractivity contribution >= 4 is 11.6 Å². The quantitative estimate of drug-likeness (QED) is 0.615. The number of hydrogen-bond acceptors (Lipinski definition) is 4. The van der Waals surface area contributed by atoms with Gasteiger partial charge in [0, 0.05) is 12.7 Å². The number of hydrogen-bond donors (Lipinski definition) is 3. The predicted molar refractivity (Wildman–Crippen MR) is 54.0 cm³/mol. The zero-order chi connectivity index (χ0) is 10.4. The highest BCUT2D eigenvalue weighted by Gasteiger charge is 2.04. The van der Waals surface area contributed by atoms with Gasteiger partial charge in [0.2, 0.25) is 0 Å². The highest BCUT2D eigenvalue weighted by molar-refractivity contribution is 6.29. The molecule has 0 fully saturated rings. The van der Waals surface area contributed by atoms with Crippen molar-refractivity contribution in [3.8, 4) is 0 Å². The second kappa shape index (κ2) is 5.93. The minimum absolute atomic E-state index is 0.0858. The van der Waals surface area contributed by atoms with E-state index in [2.05, 4.69) is 10.3 Å². The molecule has 1 aromatic heterocycles. The molecule has 1 heterocycles. The van der Waals surface area contributed by atoms with Gasteiger partial charge in [-0.15, -0.1) is 0 Å². The van der Waals surface area contributed by atoms with Crippen molar-refractivity contribution in [1.29, 1.82) is 0 Å². The van der Waals surface area contributed by atoms with Crippen LogP contribution < -0.4 is 5.32 Å². The van der Waals surface area contributed by atoms with Crippen LogP contribution in [0.2, 0.25) is 5.15 Å². The molecule has 0 atom stereocenters. The number of nitrogens with one attached hydrogen (secondary N) is 1. The molecule has 0 bridgehead atoms. The third kappa shape index (κ3) is 3.59. The summed E-state index contributed by atoms with van der Waals surface area (Å²) in [6.07, 6.45) is 1.65. The first kappa shape index (κ1) is 11.4. The number of halogens is 1. The lowest BCUT2D eigenvalue weighted by Gasteiger charge is -2.12. The molecule has 0 aliphatic carbocycles. The minimum atomic E-state index is -0.286. The Hall–Kier alpha value is -0.680. The summed E-state index contributed by atoms with van der Waals surface area (Å²) in [6, 6.07) is 3.25. The zero-order valence-corrected chi connectivity index (χ0v) is 8.41. The van der Waals surface area contributed by atoms with Crippen LogP contribution in [-0.2, 0) is 6.54 Å². The van der Waals surface area contributed by atoms with Crippen molar-refractivity contribution in [3.05, 3.63) is 29.0 Å². The van der Waals surface area contributed by atoms with Gasteiger partial charge in [0.15, 0.2) is 0 Å². The molecule has 4 nitrogen and oxygen atoms in total. The maximum absolute atomic E-state index is 8.79. The molecule has 78 valence electrons. The Kier molecular flexibility index (Phi) is 4.82. The van der Waals surface area contributed by atoms with E-state index in [1.807, 2.05) is 6.07 Å². The second-order valence-corrected chi connectivity index (χ2v) is 3.32. The third-order valence-electron chi connectivity index (χ3n) is 1.82. The van der Waals surface area contributed by atoms with Gasteiger partial charge in [-0.1, -0.05) is 17.7 Å². The van der Waals surface area contributed by atoms with E-state index in [0.717, 1.165) is 5.56 Å². The fourth-order valence-corrected chi connectivity index (χ4v) is 1.07. The molecule has 0 aliphatic rings. The van der Waals surface area contributed by atoms with Gasteiger partial charge < -0.3 is 15.5 Å². The third-order valence-corrected chi connectivity index (χ3v) is 2.05. The Labute approximate surface area is 87.6 Å². The van der Waals surface area contributed by atoms with Crippen molar-refractivity contribution in [3.63, 3.8) is 0 Å². The topological polar surface area (TPSA) is 65.4 Å². The normalized spacial score (nSPS) is 10.9. The summed E-state index contributed by atoms with van der Waals surface area (Å²) >= 11 is 5.62. The fraction of sp³-hybridized carbons (Fsp3) is 0.444. The van der Waals surface area contributed by atoms with Crippen LogP contribution in [0.3, 0.4) is 0 Å². The van der Waals surface area contributed by atoms with E-state index in [9.17, 15) is 0 Å². The number of aromatic nitrogens is 1. The number of aliphatic hydroxyl groups is 2. The highest BCUT2D eigenvalue weighted by atomic mass is 35.5. The zero-order valence-electron chi connectivity index (χ0n) is 7.65. The monoisotopic (exact) mass is 216 g/mol. The Balaban J connectivity index is 2.41. The van der Waals surface area contributed by atoms with E-state index in [1.165, 1.54) is 0 Å². The molecule has 3 N–H and O–H groups in total. The molecule has 0 amide bonds. The van der Waals surface area contributed by atoms with Crippen molar-refractivity contribution in [2.45, 2.75) is 12.6 Å². The van der Waals surface area contributed by atoms with Crippen LogP contribution in [0.25, 0.3) is 0 Å². The van der Waals surface area contributed by atoms with Crippen LogP contribution in [0.1, 0.15) is 5.56 Å². The molecule has 1 aromatic rings. The van der Waals surface area contributed by atoms with Crippen molar-refractivity contribution in [2.24, 2.45) is 0 Å². The summed E-state index contributed by atoms with van der Waals surface area (Å²) in [5.74, 6) is 0. The molecule has 0 aliphatic heterocycles. The van der Waals surface area contributed by atoms with E-state index < -0.39 is 0 Å². The number of pyridine rings is 1. The summed E-state index contributed by atoms with van der Waals surface area (Å²) in [7, 11) is 0. The molecule has 0 saturated carbocycles. The Morgan fingerprint density at radius 2 is 2.07 bits per heavy atom. The summed E-state index contributed by atoms with van der Waals surface area (Å²) < 4.78 is 0. The lowest BCUT2D eigenvalue weighted by atomic mass is 10.2. The van der Waals surface area contributed by atoms with Gasteiger partial charge in [-0.2, -0.15) is 0 Å². The molecule has 1 rings (SSSR count). The van der Waals surface area contributed by atoms with Gasteiger partial charge in [0.25, 0.3) is 0 Å². The molecular formula is C9H13ClN2O2. The van der Waals surface area contributed by atoms with Gasteiger partial charge in [-0.3, -0.25) is 0 Å². The molecule has 0 aromatic carbocycles. The van der Waals surface area contributed by atoms with E-state index >= 15 is 0 Å². The minimum Gasteiger partial charge on any atom is -0.395 e. The molecular weight excluding hydrogens is 204 g/mol. The van der Waals surface area contributed by atoms with Crippen LogP contribution in [0, 0.1) is 0 Å². The first-order chi connectivity index (χ1) is 6.76. The molecule has 5 heteroatoms. The number of aliphatic hydroxyl groups excluding tert-OH is 2. The molecule has 0 spiro atoms. The van der Waals surface area contributed by atoms with Gasteiger partial charge in [-0.05, 0) is 11.6 Å². The number of nitrogens with zero attached hydrogens (tertiary/aromatic N) is 1. The Bertz CT molecular complexity index is 262. The SMILES string of the molecule is OCC(CO)NCc1ccc(Cl)nc1. The summed E-state index contributed by atoms with van der Waals surface area (Å²) in [5.41, 5.74) is 0.960. The van der Waals surface area contributed by atoms with Crippen LogP contribution in [0.4, 0.5) is 0 Å². The van der Waals surface area contributed by atoms with E-state index in [0.29, 0.717) is 11.7 Å². The molecule has 0 radical (unpaired) electrons. The van der Waals surface area contributed by atoms with Crippen LogP contribution >= 0.6 is 11.6 Å². The molecule has 0 unspecified atom stereocenters. The van der Waals surface area contributed by atoms with E-state index in [1.54, 1.807) is 12.3 Å². The summed E-state index contributed by atoms with van der Waals surface area (Å²) in [4.78, 5) is 3.91. The average molecular weight is 217 g/mol. The summed E-state index contributed by atoms with van der Waals surface area (Å²) in [6.45, 7) is 0.380. The van der Waals surface area contributed by atoms with Gasteiger partial charge in [0.1, 0.15) is 5.15 Å². The standard InChI is InChI=1S/C9H13ClN2O2/c10-9-2-1-7(4-12-9)3-11-8(5-13)6-14/h1-2,4,8,11,13-14H,3,5-6H2. The van der Waals surface area contributed by atoms with Crippen LogP contribution in [0.15, 0.2) is 18.3 Å². The molecule has 14 heavy (non-hydrogen) atoms. The van der Waals surface area contributed by atoms with Crippen LogP contribution in [-0.4, -0.2) is 34.5 Å². The summed E-state index contributed by atoms with van der Waals surface area (Å²) in [5, 5.41) is 21.0. The Morgan fingerprint density at radius 3 is 2.57 bits per heavy atom. The number of rotatable bonds is 5. The lowest BCUT2D eigenvalue weighted by molar-refractivity contribution is 0.170. The first-order valence-electron chi connectivity index (χ1n) is 4.31. The van der Waals surface area contributed by atoms with Crippen LogP contribution in [0.5, 0.6) is 0 Å². The maximum Gasteiger partial charge on any atom is 0.129 e. The van der Waals surface area contributed by atoms with Gasteiger partial charge in [0.05, 0.1) is 19.3 Å². The lowest BCUT2D eigenvalue weighted by Crippen LogP contribution is -2.35. The van der Waals surface area contributed by atoms with Gasteiger partial charge >= 0.3 is 0 Å². The van der Waals surface area contributed by atoms with Crippen molar-refractivity contribution in [1.82, 2.24) is 10.3 Å². The van der Waals surface area contributed by atoms with Crippen molar-refractivity contribution < 1.29 is 10.2 Å². The first-order valence-corrected chi connectivity index (χ1v) is 4.69. The fourth-order valence-electron chi connectivity index (χ4n) is 0.960. The highest BCUT2D eigenvalue weighted by Crippen LogP contribution is 2.04. The smallest absolute Gasteiger partial charge is 0.129 e. The molecule has 0 saturated heterocycles. The predicted octanol–water partition coefficient (Wildman–Crippen LogP) is 0.178. The average Bonchev–Trinajstić information content (AvgIpc) is 2.22. The van der Waals surface area contributed by atoms with Crippen molar-refractivity contribution in [2.75, 3.05) is 13.2 Å². The maximum atomic E-state index is 8.79. The van der Waals surface area contributed by atoms with E-state index in [4.69, 9.17) is 21.8 Å².